The third-order valence-corrected chi connectivity index (χ3v) is 4.71. The van der Waals surface area contributed by atoms with Gasteiger partial charge in [0.2, 0.25) is 0 Å². The Morgan fingerprint density at radius 2 is 1.92 bits per heavy atom. The van der Waals surface area contributed by atoms with Gasteiger partial charge in [-0.3, -0.25) is 9.97 Å². The number of benzene rings is 1. The van der Waals surface area contributed by atoms with Crippen molar-refractivity contribution in [3.05, 3.63) is 60.2 Å². The van der Waals surface area contributed by atoms with Gasteiger partial charge in [0, 0.05) is 30.7 Å². The number of nitrogens with one attached hydrogen (secondary N) is 1. The minimum Gasteiger partial charge on any atom is -0.318 e. The van der Waals surface area contributed by atoms with Crippen LogP contribution >= 0.6 is 0 Å². The Labute approximate surface area is 155 Å². The summed E-state index contributed by atoms with van der Waals surface area (Å²) in [6.07, 6.45) is 8.00. The molecule has 26 heavy (non-hydrogen) atoms. The van der Waals surface area contributed by atoms with Crippen LogP contribution in [-0.4, -0.2) is 33.5 Å². The van der Waals surface area contributed by atoms with E-state index in [0.29, 0.717) is 6.54 Å². The van der Waals surface area contributed by atoms with Gasteiger partial charge < -0.3 is 10.2 Å². The summed E-state index contributed by atoms with van der Waals surface area (Å²) >= 11 is 0. The lowest BCUT2D eigenvalue weighted by Gasteiger charge is -2.32. The Kier molecular flexibility index (Phi) is 5.07. The largest absolute Gasteiger partial charge is 0.322 e. The van der Waals surface area contributed by atoms with Gasteiger partial charge in [-0.15, -0.1) is 0 Å². The van der Waals surface area contributed by atoms with E-state index in [4.69, 9.17) is 0 Å². The summed E-state index contributed by atoms with van der Waals surface area (Å²) in [5.41, 5.74) is 4.20. The second-order valence-corrected chi connectivity index (χ2v) is 7.72. The van der Waals surface area contributed by atoms with Crippen LogP contribution in [0.1, 0.15) is 45.4 Å². The zero-order valence-electron chi connectivity index (χ0n) is 15.9. The highest BCUT2D eigenvalue weighted by Crippen LogP contribution is 2.26. The number of aromatic nitrogens is 2. The number of amides is 2. The third-order valence-electron chi connectivity index (χ3n) is 4.71. The van der Waals surface area contributed by atoms with E-state index in [2.05, 4.69) is 54.3 Å². The van der Waals surface area contributed by atoms with Crippen LogP contribution in [0.4, 0.5) is 10.5 Å². The SMILES string of the molecule is C[C@@H]1C=C(c2cnccn2)CCN1C(=O)Nc1ccc(C(C)(C)C)cc1. The number of rotatable bonds is 2. The number of nitrogens with zero attached hydrogens (tertiary/aromatic N) is 3. The molecule has 0 radical (unpaired) electrons. The standard InChI is InChI=1S/C21H26N4O/c1-15-13-16(19-14-22-10-11-23-19)9-12-25(15)20(26)24-18-7-5-17(6-8-18)21(2,3)4/h5-8,10-11,13-15H,9,12H2,1-4H3,(H,24,26)/t15-/m1/s1. The van der Waals surface area contributed by atoms with Gasteiger partial charge in [0.05, 0.1) is 11.9 Å². The number of urea groups is 1. The molecule has 0 bridgehead atoms. The van der Waals surface area contributed by atoms with Crippen LogP contribution in [-0.2, 0) is 5.41 Å². The van der Waals surface area contributed by atoms with Gasteiger partial charge in [-0.05, 0) is 42.0 Å². The Bertz CT molecular complexity index is 791. The molecule has 3 rings (SSSR count). The Hall–Kier alpha value is -2.69. The normalized spacial score (nSPS) is 17.6. The van der Waals surface area contributed by atoms with Gasteiger partial charge in [-0.2, -0.15) is 0 Å². The molecule has 1 aliphatic rings. The highest BCUT2D eigenvalue weighted by molar-refractivity contribution is 5.90. The van der Waals surface area contributed by atoms with Gasteiger partial charge in [0.1, 0.15) is 0 Å². The summed E-state index contributed by atoms with van der Waals surface area (Å²) in [6, 6.07) is 8.01. The van der Waals surface area contributed by atoms with Gasteiger partial charge in [0.15, 0.2) is 0 Å². The van der Waals surface area contributed by atoms with Gasteiger partial charge in [0.25, 0.3) is 0 Å². The minimum atomic E-state index is -0.0737. The van der Waals surface area contributed by atoms with Gasteiger partial charge >= 0.3 is 6.03 Å². The van der Waals surface area contributed by atoms with E-state index in [-0.39, 0.29) is 17.5 Å². The fourth-order valence-corrected chi connectivity index (χ4v) is 3.12. The number of anilines is 1. The first kappa shape index (κ1) is 18.1. The molecule has 1 aliphatic heterocycles. The lowest BCUT2D eigenvalue weighted by atomic mass is 9.87. The molecule has 1 N–H and O–H groups in total. The summed E-state index contributed by atoms with van der Waals surface area (Å²) < 4.78 is 0. The van der Waals surface area contributed by atoms with Crippen molar-refractivity contribution in [2.24, 2.45) is 0 Å². The molecule has 0 saturated carbocycles. The fraction of sp³-hybridized carbons (Fsp3) is 0.381. The summed E-state index contributed by atoms with van der Waals surface area (Å²) in [7, 11) is 0. The molecule has 5 nitrogen and oxygen atoms in total. The van der Waals surface area contributed by atoms with Crippen LogP contribution in [0.15, 0.2) is 48.9 Å². The molecule has 1 atom stereocenters. The molecule has 2 amide bonds. The summed E-state index contributed by atoms with van der Waals surface area (Å²) in [4.78, 5) is 23.0. The molecule has 2 heterocycles. The average molecular weight is 350 g/mol. The number of hydrogen-bond donors (Lipinski definition) is 1. The van der Waals surface area contributed by atoms with E-state index in [1.165, 1.54) is 5.56 Å². The number of hydrogen-bond acceptors (Lipinski definition) is 3. The zero-order chi connectivity index (χ0) is 18.7. The summed E-state index contributed by atoms with van der Waals surface area (Å²) in [6.45, 7) is 9.22. The topological polar surface area (TPSA) is 58.1 Å². The third kappa shape index (κ3) is 4.10. The summed E-state index contributed by atoms with van der Waals surface area (Å²) in [5.74, 6) is 0. The van der Waals surface area contributed by atoms with Crippen molar-refractivity contribution in [1.82, 2.24) is 14.9 Å². The Balaban J connectivity index is 1.67. The molecule has 0 saturated heterocycles. The predicted octanol–water partition coefficient (Wildman–Crippen LogP) is 4.48. The van der Waals surface area contributed by atoms with Crippen LogP contribution in [0.2, 0.25) is 0 Å². The van der Waals surface area contributed by atoms with Crippen LogP contribution < -0.4 is 5.32 Å². The van der Waals surface area contributed by atoms with Gasteiger partial charge in [-0.25, -0.2) is 4.79 Å². The van der Waals surface area contributed by atoms with Crippen molar-refractivity contribution >= 4 is 17.3 Å². The Morgan fingerprint density at radius 1 is 1.19 bits per heavy atom. The quantitative estimate of drug-likeness (QED) is 0.868. The van der Waals surface area contributed by atoms with Crippen molar-refractivity contribution in [3.63, 3.8) is 0 Å². The second kappa shape index (κ2) is 7.28. The zero-order valence-corrected chi connectivity index (χ0v) is 15.9. The van der Waals surface area contributed by atoms with Gasteiger partial charge in [-0.1, -0.05) is 39.0 Å². The summed E-state index contributed by atoms with van der Waals surface area (Å²) in [5, 5.41) is 3.01. The first-order chi connectivity index (χ1) is 12.3. The molecule has 0 spiro atoms. The average Bonchev–Trinajstić information content (AvgIpc) is 2.62. The molecular weight excluding hydrogens is 324 g/mol. The van der Waals surface area contributed by atoms with Crippen molar-refractivity contribution in [3.8, 4) is 0 Å². The van der Waals surface area contributed by atoms with Crippen molar-refractivity contribution in [1.29, 1.82) is 0 Å². The molecule has 0 unspecified atom stereocenters. The lowest BCUT2D eigenvalue weighted by molar-refractivity contribution is 0.202. The van der Waals surface area contributed by atoms with Crippen LogP contribution in [0.5, 0.6) is 0 Å². The smallest absolute Gasteiger partial charge is 0.318 e. The fourth-order valence-electron chi connectivity index (χ4n) is 3.12. The maximum Gasteiger partial charge on any atom is 0.322 e. The molecule has 1 aromatic heterocycles. The predicted molar refractivity (Wildman–Crippen MR) is 105 cm³/mol. The minimum absolute atomic E-state index is 0.00889. The monoisotopic (exact) mass is 350 g/mol. The maximum atomic E-state index is 12.7. The van der Waals surface area contributed by atoms with Crippen molar-refractivity contribution in [2.75, 3.05) is 11.9 Å². The lowest BCUT2D eigenvalue weighted by Crippen LogP contribution is -2.43. The van der Waals surface area contributed by atoms with Crippen LogP contribution in [0, 0.1) is 0 Å². The molecule has 0 aliphatic carbocycles. The molecule has 5 heteroatoms. The first-order valence-corrected chi connectivity index (χ1v) is 9.00. The molecule has 2 aromatic rings. The number of carbonyl (C=O) groups is 1. The second-order valence-electron chi connectivity index (χ2n) is 7.72. The number of carbonyl (C=O) groups excluding carboxylic acids is 1. The van der Waals surface area contributed by atoms with E-state index in [1.807, 2.05) is 24.0 Å². The van der Waals surface area contributed by atoms with E-state index < -0.39 is 0 Å². The van der Waals surface area contributed by atoms with E-state index in [0.717, 1.165) is 23.4 Å². The highest BCUT2D eigenvalue weighted by atomic mass is 16.2. The van der Waals surface area contributed by atoms with Crippen molar-refractivity contribution < 1.29 is 4.79 Å². The van der Waals surface area contributed by atoms with E-state index >= 15 is 0 Å². The molecular formula is C21H26N4O. The highest BCUT2D eigenvalue weighted by Gasteiger charge is 2.24. The van der Waals surface area contributed by atoms with Crippen LogP contribution in [0.25, 0.3) is 5.57 Å². The molecule has 0 fully saturated rings. The molecule has 136 valence electrons. The molecule has 1 aromatic carbocycles. The van der Waals surface area contributed by atoms with Crippen molar-refractivity contribution in [2.45, 2.75) is 45.6 Å². The van der Waals surface area contributed by atoms with E-state index in [1.54, 1.807) is 18.6 Å². The first-order valence-electron chi connectivity index (χ1n) is 9.00. The van der Waals surface area contributed by atoms with Crippen LogP contribution in [0.3, 0.4) is 0 Å². The maximum absolute atomic E-state index is 12.7. The Morgan fingerprint density at radius 3 is 2.50 bits per heavy atom. The van der Waals surface area contributed by atoms with E-state index in [9.17, 15) is 4.79 Å².